The summed E-state index contributed by atoms with van der Waals surface area (Å²) >= 11 is 0. The minimum absolute atomic E-state index is 0.0127. The third kappa shape index (κ3) is 42.5. The van der Waals surface area contributed by atoms with Crippen molar-refractivity contribution in [3.05, 3.63) is 85.3 Å². The molecule has 0 amide bonds. The number of unbranched alkanes of at least 4 members (excludes halogenated alkanes) is 12. The van der Waals surface area contributed by atoms with Gasteiger partial charge >= 0.3 is 5.97 Å². The molecule has 0 aromatic heterocycles. The number of rotatable bonds is 38. The largest absolute Gasteiger partial charge is 0.756 e. The molecule has 0 saturated carbocycles. The van der Waals surface area contributed by atoms with Crippen LogP contribution in [0.5, 0.6) is 0 Å². The second kappa shape index (κ2) is 38.4. The molecule has 0 aromatic rings. The molecule has 0 N–H and O–H groups in total. The predicted molar refractivity (Wildman–Crippen MR) is 231 cm³/mol. The van der Waals surface area contributed by atoms with Crippen molar-refractivity contribution >= 4 is 13.8 Å². The first-order valence-corrected chi connectivity index (χ1v) is 22.8. The molecule has 0 fully saturated rings. The van der Waals surface area contributed by atoms with Crippen molar-refractivity contribution in [1.29, 1.82) is 0 Å². The molecule has 0 saturated heterocycles. The van der Waals surface area contributed by atoms with Crippen LogP contribution in [-0.2, 0) is 27.9 Å². The second-order valence-corrected chi connectivity index (χ2v) is 16.4. The van der Waals surface area contributed by atoms with Crippen LogP contribution in [0, 0.1) is 0 Å². The van der Waals surface area contributed by atoms with Gasteiger partial charge in [0.1, 0.15) is 19.8 Å². The molecule has 55 heavy (non-hydrogen) atoms. The minimum Gasteiger partial charge on any atom is -0.756 e. The van der Waals surface area contributed by atoms with Crippen LogP contribution in [0.25, 0.3) is 0 Å². The molecule has 0 rings (SSSR count). The zero-order chi connectivity index (χ0) is 40.6. The number of ether oxygens (including phenoxy) is 2. The molecule has 2 unspecified atom stereocenters. The molecule has 0 aromatic carbocycles. The van der Waals surface area contributed by atoms with Crippen LogP contribution in [0.1, 0.15) is 149 Å². The summed E-state index contributed by atoms with van der Waals surface area (Å²) in [6.07, 6.45) is 51.3. The van der Waals surface area contributed by atoms with Crippen LogP contribution in [0.15, 0.2) is 85.3 Å². The quantitative estimate of drug-likeness (QED) is 0.0153. The van der Waals surface area contributed by atoms with Gasteiger partial charge in [-0.3, -0.25) is 9.36 Å². The molecule has 316 valence electrons. The Balaban J connectivity index is 4.43. The van der Waals surface area contributed by atoms with E-state index in [0.29, 0.717) is 17.4 Å². The van der Waals surface area contributed by atoms with Gasteiger partial charge in [-0.2, -0.15) is 0 Å². The monoisotopic (exact) mass is 790 g/mol. The fraction of sp³-hybridized carbons (Fsp3) is 0.674. The number of esters is 1. The Morgan fingerprint density at radius 2 is 1.07 bits per heavy atom. The fourth-order valence-electron chi connectivity index (χ4n) is 5.15. The average molecular weight is 790 g/mol. The van der Waals surface area contributed by atoms with Crippen molar-refractivity contribution < 1.29 is 37.3 Å². The zero-order valence-corrected chi connectivity index (χ0v) is 36.5. The lowest BCUT2D eigenvalue weighted by atomic mass is 10.1. The minimum atomic E-state index is -4.53. The highest BCUT2D eigenvalue weighted by molar-refractivity contribution is 7.45. The number of phosphoric acid groups is 1. The van der Waals surface area contributed by atoms with Gasteiger partial charge in [-0.05, 0) is 89.5 Å². The summed E-state index contributed by atoms with van der Waals surface area (Å²) < 4.78 is 34.3. The Kier molecular flexibility index (Phi) is 36.7. The summed E-state index contributed by atoms with van der Waals surface area (Å²) in [7, 11) is 1.31. The van der Waals surface area contributed by atoms with Gasteiger partial charge in [-0.25, -0.2) is 0 Å². The van der Waals surface area contributed by atoms with Crippen molar-refractivity contribution in [2.24, 2.45) is 0 Å². The van der Waals surface area contributed by atoms with E-state index in [1.807, 2.05) is 27.2 Å². The molecule has 0 aliphatic heterocycles. The highest BCUT2D eigenvalue weighted by Gasteiger charge is 2.19. The molecule has 0 radical (unpaired) electrons. The number of allylic oxidation sites excluding steroid dienone is 13. The van der Waals surface area contributed by atoms with Gasteiger partial charge in [-0.15, -0.1) is 0 Å². The van der Waals surface area contributed by atoms with Crippen LogP contribution in [-0.4, -0.2) is 64.1 Å². The summed E-state index contributed by atoms with van der Waals surface area (Å²) in [6, 6.07) is 0. The lowest BCUT2D eigenvalue weighted by molar-refractivity contribution is -0.870. The molecule has 0 heterocycles. The maximum atomic E-state index is 12.4. The number of carbonyl (C=O) groups excluding carboxylic acids is 1. The maximum Gasteiger partial charge on any atom is 0.305 e. The van der Waals surface area contributed by atoms with Gasteiger partial charge in [0.2, 0.25) is 0 Å². The van der Waals surface area contributed by atoms with E-state index in [9.17, 15) is 14.3 Å². The van der Waals surface area contributed by atoms with Crippen molar-refractivity contribution in [3.8, 4) is 0 Å². The predicted octanol–water partition coefficient (Wildman–Crippen LogP) is 12.2. The molecule has 2 atom stereocenters. The van der Waals surface area contributed by atoms with Crippen LogP contribution >= 0.6 is 7.82 Å². The van der Waals surface area contributed by atoms with Crippen LogP contribution in [0.4, 0.5) is 0 Å². The Morgan fingerprint density at radius 3 is 1.62 bits per heavy atom. The van der Waals surface area contributed by atoms with Crippen LogP contribution < -0.4 is 4.89 Å². The fourth-order valence-corrected chi connectivity index (χ4v) is 5.88. The number of carbonyl (C=O) groups is 1. The number of quaternary nitrogens is 1. The van der Waals surface area contributed by atoms with Gasteiger partial charge < -0.3 is 27.9 Å². The van der Waals surface area contributed by atoms with E-state index >= 15 is 0 Å². The molecular weight excluding hydrogens is 709 g/mol. The number of phosphoric ester groups is 1. The first-order chi connectivity index (χ1) is 26.6. The third-order valence-electron chi connectivity index (χ3n) is 8.52. The van der Waals surface area contributed by atoms with Crippen LogP contribution in [0.2, 0.25) is 0 Å². The first kappa shape index (κ1) is 52.5. The molecule has 0 aliphatic carbocycles. The van der Waals surface area contributed by atoms with Gasteiger partial charge in [0.05, 0.1) is 34.0 Å². The summed E-state index contributed by atoms with van der Waals surface area (Å²) in [5, 5.41) is 0. The van der Waals surface area contributed by atoms with E-state index in [1.54, 1.807) is 6.26 Å². The van der Waals surface area contributed by atoms with E-state index in [0.717, 1.165) is 57.8 Å². The highest BCUT2D eigenvalue weighted by Crippen LogP contribution is 2.38. The SMILES string of the molecule is CC/C=C\C/C=C\C/C=C\C/C=C\C/C=C\CCCC(=O)OCC(COP(=O)([O-])OCC[N+](C)(C)C)O/C=C\CCCCCCCC/C=C\CCCCCC. The van der Waals surface area contributed by atoms with Crippen molar-refractivity contribution in [3.63, 3.8) is 0 Å². The van der Waals surface area contributed by atoms with Crippen molar-refractivity contribution in [2.45, 2.75) is 155 Å². The summed E-state index contributed by atoms with van der Waals surface area (Å²) in [5.74, 6) is -0.354. The number of hydrogen-bond acceptors (Lipinski definition) is 7. The lowest BCUT2D eigenvalue weighted by Gasteiger charge is -2.28. The standard InChI is InChI=1S/C46H80NO7P/c1-6-8-10-12-14-16-18-20-22-24-25-27-29-31-33-35-37-39-46(48)52-43-45(44-54-55(49,50)53-42-40-47(3,4)5)51-41-38-36-34-32-30-28-26-23-21-19-17-15-13-11-9-7-2/h8,10,14,16-17,19-20,22,25,27,31,33,38,41,45H,6-7,9,11-13,15,18,21,23-24,26,28-30,32,34-37,39-40,42-44H2,1-5H3/b10-8-,16-14-,19-17-,22-20-,27-25-,33-31-,41-38-. The molecule has 0 spiro atoms. The number of likely N-dealkylation sites (N-methyl/N-ethyl adjacent to an activating group) is 1. The molecule has 0 aliphatic rings. The molecule has 8 nitrogen and oxygen atoms in total. The summed E-state index contributed by atoms with van der Waals surface area (Å²) in [5.41, 5.74) is 0. The summed E-state index contributed by atoms with van der Waals surface area (Å²) in [6.45, 7) is 4.49. The lowest BCUT2D eigenvalue weighted by Crippen LogP contribution is -2.37. The van der Waals surface area contributed by atoms with E-state index in [2.05, 4.69) is 86.8 Å². The molecular formula is C46H80NO7P. The van der Waals surface area contributed by atoms with E-state index in [1.165, 1.54) is 64.2 Å². The normalized spacial score (nSPS) is 14.6. The van der Waals surface area contributed by atoms with Crippen LogP contribution in [0.3, 0.4) is 0 Å². The number of nitrogens with zero attached hydrogens (tertiary/aromatic N) is 1. The average Bonchev–Trinajstić information content (AvgIpc) is 3.14. The van der Waals surface area contributed by atoms with Crippen molar-refractivity contribution in [2.75, 3.05) is 47.5 Å². The van der Waals surface area contributed by atoms with E-state index in [-0.39, 0.29) is 32.2 Å². The molecule has 9 heteroatoms. The van der Waals surface area contributed by atoms with Gasteiger partial charge in [-0.1, -0.05) is 132 Å². The van der Waals surface area contributed by atoms with Gasteiger partial charge in [0, 0.05) is 6.42 Å². The molecule has 0 bridgehead atoms. The van der Waals surface area contributed by atoms with Gasteiger partial charge in [0.15, 0.2) is 6.10 Å². The van der Waals surface area contributed by atoms with E-state index < -0.39 is 13.9 Å². The van der Waals surface area contributed by atoms with E-state index in [4.69, 9.17) is 18.5 Å². The topological polar surface area (TPSA) is 94.1 Å². The Hall–Kier alpha value is -2.48. The van der Waals surface area contributed by atoms with Gasteiger partial charge in [0.25, 0.3) is 7.82 Å². The Morgan fingerprint density at radius 1 is 0.600 bits per heavy atom. The highest BCUT2D eigenvalue weighted by atomic mass is 31.2. The smallest absolute Gasteiger partial charge is 0.305 e. The van der Waals surface area contributed by atoms with Crippen molar-refractivity contribution in [1.82, 2.24) is 0 Å². The second-order valence-electron chi connectivity index (χ2n) is 15.0. The Bertz CT molecular complexity index is 1150. The first-order valence-electron chi connectivity index (χ1n) is 21.4. The zero-order valence-electron chi connectivity index (χ0n) is 35.6. The summed E-state index contributed by atoms with van der Waals surface area (Å²) in [4.78, 5) is 24.8. The third-order valence-corrected chi connectivity index (χ3v) is 9.48. The number of hydrogen-bond donors (Lipinski definition) is 0. The maximum absolute atomic E-state index is 12.4. The Labute approximate surface area is 337 Å².